The van der Waals surface area contributed by atoms with Crippen molar-refractivity contribution in [2.24, 2.45) is 0 Å². The van der Waals surface area contributed by atoms with E-state index in [2.05, 4.69) is 130 Å². The minimum absolute atomic E-state index is 0.266. The molecule has 0 spiro atoms. The third kappa shape index (κ3) is 5.51. The van der Waals surface area contributed by atoms with Crippen LogP contribution in [-0.2, 0) is 0 Å². The molecule has 286 valence electrons. The minimum Gasteiger partial charge on any atom is -0.309 e. The van der Waals surface area contributed by atoms with Crippen LogP contribution in [0.4, 0.5) is 0 Å². The summed E-state index contributed by atoms with van der Waals surface area (Å²) in [6.45, 7) is 0. The Hall–Kier alpha value is -9.02. The van der Waals surface area contributed by atoms with E-state index >= 15 is 0 Å². The van der Waals surface area contributed by atoms with Gasteiger partial charge in [0.1, 0.15) is 12.1 Å². The van der Waals surface area contributed by atoms with E-state index in [-0.39, 0.29) is 5.56 Å². The summed E-state index contributed by atoms with van der Waals surface area (Å²) < 4.78 is 4.63. The van der Waals surface area contributed by atoms with E-state index in [0.29, 0.717) is 33.6 Å². The van der Waals surface area contributed by atoms with Crippen LogP contribution in [0.1, 0.15) is 16.7 Å². The third-order valence-electron chi connectivity index (χ3n) is 11.8. The van der Waals surface area contributed by atoms with Gasteiger partial charge in [0.15, 0.2) is 0 Å². The van der Waals surface area contributed by atoms with Crippen molar-refractivity contribution < 1.29 is 0 Å². The van der Waals surface area contributed by atoms with E-state index in [1.807, 2.05) is 91.0 Å². The molecule has 0 radical (unpaired) electrons. The molecule has 0 fully saturated rings. The number of benzene rings is 8. The average Bonchev–Trinajstić information content (AvgIpc) is 3.86. The molecular formula is C56H32N6. The summed E-state index contributed by atoms with van der Waals surface area (Å²) >= 11 is 0. The van der Waals surface area contributed by atoms with Gasteiger partial charge >= 0.3 is 0 Å². The van der Waals surface area contributed by atoms with Crippen LogP contribution in [0.2, 0.25) is 0 Å². The van der Waals surface area contributed by atoms with E-state index in [4.69, 9.17) is 4.98 Å². The Labute approximate surface area is 357 Å². The van der Waals surface area contributed by atoms with E-state index in [1.165, 1.54) is 0 Å². The summed E-state index contributed by atoms with van der Waals surface area (Å²) in [5.74, 6) is 0. The number of aromatic nitrogens is 3. The van der Waals surface area contributed by atoms with E-state index < -0.39 is 0 Å². The predicted molar refractivity (Wildman–Crippen MR) is 249 cm³/mol. The molecule has 0 aliphatic carbocycles. The van der Waals surface area contributed by atoms with Gasteiger partial charge in [0.25, 0.3) is 0 Å². The average molecular weight is 789 g/mol. The Morgan fingerprint density at radius 3 is 1.32 bits per heavy atom. The van der Waals surface area contributed by atoms with Crippen LogP contribution in [0.5, 0.6) is 0 Å². The summed E-state index contributed by atoms with van der Waals surface area (Å²) in [7, 11) is 0. The quantitative estimate of drug-likeness (QED) is 0.168. The molecule has 0 amide bonds. The second-order valence-corrected chi connectivity index (χ2v) is 15.2. The highest BCUT2D eigenvalue weighted by Crippen LogP contribution is 2.48. The van der Waals surface area contributed by atoms with Gasteiger partial charge in [0.05, 0.1) is 56.2 Å². The molecule has 3 heterocycles. The molecule has 11 rings (SSSR count). The van der Waals surface area contributed by atoms with Gasteiger partial charge in [0, 0.05) is 60.7 Å². The van der Waals surface area contributed by atoms with Gasteiger partial charge in [-0.05, 0) is 54.1 Å². The molecule has 3 aromatic heterocycles. The molecule has 0 unspecified atom stereocenters. The Morgan fingerprint density at radius 2 is 0.823 bits per heavy atom. The molecule has 0 N–H and O–H groups in total. The summed E-state index contributed by atoms with van der Waals surface area (Å²) in [4.78, 5) is 5.12. The maximum absolute atomic E-state index is 11.3. The maximum Gasteiger partial charge on any atom is 0.102 e. The first-order valence-corrected chi connectivity index (χ1v) is 20.3. The molecule has 8 aromatic carbocycles. The standard InChI is InChI=1S/C56H32N6/c57-33-39-31-38(54-48(35-59)51(36-17-5-1-6-18-36)47(34-58)53(60-54)37-19-7-2-8-20-37)29-30-42(39)52-55-45(43-25-13-15-27-49(43)61(55)40-21-9-3-10-22-40)32-46-44-26-14-16-28-50(44)62(56(46)52)41-23-11-4-12-24-41/h1-32H. The van der Waals surface area contributed by atoms with Crippen molar-refractivity contribution in [1.82, 2.24) is 14.1 Å². The number of nitriles is 3. The number of para-hydroxylation sites is 4. The zero-order chi connectivity index (χ0) is 41.7. The normalized spacial score (nSPS) is 11.2. The molecule has 11 aromatic rings. The Kier molecular flexibility index (Phi) is 8.54. The number of rotatable bonds is 6. The molecule has 0 bridgehead atoms. The van der Waals surface area contributed by atoms with Crippen LogP contribution in [0.3, 0.4) is 0 Å². The van der Waals surface area contributed by atoms with Crippen LogP contribution in [0.25, 0.3) is 99.8 Å². The van der Waals surface area contributed by atoms with Crippen molar-refractivity contribution in [3.05, 3.63) is 211 Å². The Bertz CT molecular complexity index is 3560. The third-order valence-corrected chi connectivity index (χ3v) is 11.8. The molecule has 6 nitrogen and oxygen atoms in total. The van der Waals surface area contributed by atoms with E-state index in [1.54, 1.807) is 0 Å². The fourth-order valence-electron chi connectivity index (χ4n) is 9.23. The molecule has 6 heteroatoms. The van der Waals surface area contributed by atoms with Gasteiger partial charge in [-0.25, -0.2) is 4.98 Å². The highest BCUT2D eigenvalue weighted by Gasteiger charge is 2.28. The van der Waals surface area contributed by atoms with Gasteiger partial charge in [-0.1, -0.05) is 146 Å². The number of hydrogen-bond donors (Lipinski definition) is 0. The van der Waals surface area contributed by atoms with Crippen LogP contribution in [-0.4, -0.2) is 14.1 Å². The molecule has 0 aliphatic heterocycles. The lowest BCUT2D eigenvalue weighted by molar-refractivity contribution is 1.16. The van der Waals surface area contributed by atoms with Crippen molar-refractivity contribution in [1.29, 1.82) is 15.8 Å². The molecule has 0 aliphatic rings. The molecule has 0 atom stereocenters. The smallest absolute Gasteiger partial charge is 0.102 e. The number of pyridine rings is 1. The van der Waals surface area contributed by atoms with Gasteiger partial charge in [-0.3, -0.25) is 0 Å². The topological polar surface area (TPSA) is 94.1 Å². The maximum atomic E-state index is 11.3. The van der Waals surface area contributed by atoms with E-state index in [0.717, 1.165) is 77.2 Å². The summed E-state index contributed by atoms with van der Waals surface area (Å²) in [5, 5.41) is 37.3. The predicted octanol–water partition coefficient (Wildman–Crippen LogP) is 13.6. The Morgan fingerprint density at radius 1 is 0.371 bits per heavy atom. The zero-order valence-corrected chi connectivity index (χ0v) is 33.2. The monoisotopic (exact) mass is 788 g/mol. The number of hydrogen-bond acceptors (Lipinski definition) is 4. The van der Waals surface area contributed by atoms with Crippen molar-refractivity contribution in [2.75, 3.05) is 0 Å². The summed E-state index contributed by atoms with van der Waals surface area (Å²) in [5.41, 5.74) is 12.1. The van der Waals surface area contributed by atoms with Crippen LogP contribution < -0.4 is 0 Å². The summed E-state index contributed by atoms with van der Waals surface area (Å²) in [6, 6.07) is 72.3. The van der Waals surface area contributed by atoms with Gasteiger partial charge < -0.3 is 9.13 Å². The lowest BCUT2D eigenvalue weighted by Gasteiger charge is -2.18. The minimum atomic E-state index is 0.266. The van der Waals surface area contributed by atoms with Crippen molar-refractivity contribution in [2.45, 2.75) is 0 Å². The van der Waals surface area contributed by atoms with Crippen LogP contribution >= 0.6 is 0 Å². The zero-order valence-electron chi connectivity index (χ0n) is 33.2. The lowest BCUT2D eigenvalue weighted by Crippen LogP contribution is -2.03. The van der Waals surface area contributed by atoms with Crippen LogP contribution in [0.15, 0.2) is 194 Å². The SMILES string of the molecule is N#Cc1cc(-c2nc(-c3ccccc3)c(C#N)c(-c3ccccc3)c2C#N)ccc1-c1c2c(cc3c4ccccc4n(-c4ccccc4)c13)c1ccccc1n2-c1ccccc1. The second kappa shape index (κ2) is 14.7. The molecular weight excluding hydrogens is 757 g/mol. The summed E-state index contributed by atoms with van der Waals surface area (Å²) in [6.07, 6.45) is 0. The van der Waals surface area contributed by atoms with Crippen molar-refractivity contribution in [3.8, 4) is 74.4 Å². The number of nitrogens with zero attached hydrogens (tertiary/aromatic N) is 6. The van der Waals surface area contributed by atoms with E-state index in [9.17, 15) is 15.8 Å². The molecule has 0 saturated carbocycles. The molecule has 0 saturated heterocycles. The van der Waals surface area contributed by atoms with Crippen LogP contribution in [0, 0.1) is 34.0 Å². The first-order valence-electron chi connectivity index (χ1n) is 20.3. The Balaban J connectivity index is 1.29. The largest absolute Gasteiger partial charge is 0.309 e. The fraction of sp³-hybridized carbons (Fsp3) is 0. The van der Waals surface area contributed by atoms with Crippen molar-refractivity contribution >= 4 is 43.6 Å². The first-order chi connectivity index (χ1) is 30.7. The number of fused-ring (bicyclic) bond motifs is 6. The van der Waals surface area contributed by atoms with Gasteiger partial charge in [0.2, 0.25) is 0 Å². The van der Waals surface area contributed by atoms with Gasteiger partial charge in [-0.15, -0.1) is 0 Å². The highest BCUT2D eigenvalue weighted by atomic mass is 15.0. The van der Waals surface area contributed by atoms with Crippen molar-refractivity contribution in [3.63, 3.8) is 0 Å². The second-order valence-electron chi connectivity index (χ2n) is 15.2. The first kappa shape index (κ1) is 36.1. The van der Waals surface area contributed by atoms with Gasteiger partial charge in [-0.2, -0.15) is 15.8 Å². The lowest BCUT2D eigenvalue weighted by atomic mass is 9.88. The molecule has 62 heavy (non-hydrogen) atoms. The fourth-order valence-corrected chi connectivity index (χ4v) is 9.23. The highest BCUT2D eigenvalue weighted by molar-refractivity contribution is 6.26.